The first-order valence-corrected chi connectivity index (χ1v) is 20.6. The summed E-state index contributed by atoms with van der Waals surface area (Å²) in [6.07, 6.45) is 9.73. The van der Waals surface area contributed by atoms with Crippen LogP contribution < -0.4 is 0 Å². The Hall–Kier alpha value is -0.241. The second-order valence-electron chi connectivity index (χ2n) is 11.5. The summed E-state index contributed by atoms with van der Waals surface area (Å²) in [5.41, 5.74) is 5.42. The third-order valence-corrected chi connectivity index (χ3v) is 22.7. The quantitative estimate of drug-likeness (QED) is 0.257. The molecule has 0 nitrogen and oxygen atoms in total. The van der Waals surface area contributed by atoms with Crippen molar-refractivity contribution >= 4 is 18.4 Å². The van der Waals surface area contributed by atoms with Gasteiger partial charge in [0.25, 0.3) is 0 Å². The standard InChI is InChI=1S/C17H23.3C4H9.Sn/c1-12(2)15-11-16(3,4)13-9-7-8-10-14(13)17(15,5)6;3*1-3-4-2;/h1,7-10,15H,11H2,2-6H3;3*1,3-4H2,2H3;. The van der Waals surface area contributed by atoms with Crippen LogP contribution in [0.5, 0.6) is 0 Å². The van der Waals surface area contributed by atoms with Crippen molar-refractivity contribution in [2.45, 2.75) is 124 Å². The Kier molecular flexibility index (Phi) is 9.59. The number of hydrogen-bond donors (Lipinski definition) is 0. The van der Waals surface area contributed by atoms with Crippen LogP contribution >= 0.6 is 0 Å². The fourth-order valence-electron chi connectivity index (χ4n) is 6.19. The van der Waals surface area contributed by atoms with Crippen LogP contribution in [0.4, 0.5) is 0 Å². The van der Waals surface area contributed by atoms with Gasteiger partial charge in [0.1, 0.15) is 0 Å². The second-order valence-corrected chi connectivity index (χ2v) is 24.4. The van der Waals surface area contributed by atoms with Crippen LogP contribution in [0.25, 0.3) is 0 Å². The second kappa shape index (κ2) is 11.1. The van der Waals surface area contributed by atoms with Crippen LogP contribution in [0.3, 0.4) is 0 Å². The molecule has 0 heterocycles. The molecule has 0 saturated heterocycles. The monoisotopic (exact) mass is 518 g/mol. The molecule has 0 amide bonds. The van der Waals surface area contributed by atoms with E-state index in [1.54, 1.807) is 30.0 Å². The zero-order valence-corrected chi connectivity index (χ0v) is 24.4. The predicted molar refractivity (Wildman–Crippen MR) is 139 cm³/mol. The minimum absolute atomic E-state index is 0.227. The molecule has 1 atom stereocenters. The molecule has 0 saturated carbocycles. The van der Waals surface area contributed by atoms with Gasteiger partial charge in [-0.25, -0.2) is 0 Å². The van der Waals surface area contributed by atoms with Crippen LogP contribution in [-0.2, 0) is 10.8 Å². The first-order valence-electron chi connectivity index (χ1n) is 12.9. The van der Waals surface area contributed by atoms with Crippen molar-refractivity contribution in [2.75, 3.05) is 0 Å². The van der Waals surface area contributed by atoms with E-state index in [9.17, 15) is 0 Å². The number of rotatable bonds is 11. The van der Waals surface area contributed by atoms with E-state index in [2.05, 4.69) is 83.7 Å². The number of unbranched alkanes of at least 4 members (excludes halogenated alkanes) is 3. The van der Waals surface area contributed by atoms with Gasteiger partial charge in [0.2, 0.25) is 0 Å². The summed E-state index contributed by atoms with van der Waals surface area (Å²) >= 11 is -2.28. The van der Waals surface area contributed by atoms with Gasteiger partial charge < -0.3 is 0 Å². The summed E-state index contributed by atoms with van der Waals surface area (Å²) in [7, 11) is 0. The SMILES string of the molecule is CCC[CH2][Sn]([CH]=C(C)C1CC(C)(C)c2ccccc2C1(C)C)([CH2]CCC)[CH2]CCC. The summed E-state index contributed by atoms with van der Waals surface area (Å²) in [5.74, 6) is 0.670. The number of fused-ring (bicyclic) bond motifs is 1. The van der Waals surface area contributed by atoms with Crippen molar-refractivity contribution < 1.29 is 0 Å². The summed E-state index contributed by atoms with van der Waals surface area (Å²) < 4.78 is 7.74. The first kappa shape index (κ1) is 26.0. The predicted octanol–water partition coefficient (Wildman–Crippen LogP) is 9.60. The van der Waals surface area contributed by atoms with Gasteiger partial charge in [0.15, 0.2) is 0 Å². The molecule has 1 aromatic carbocycles. The van der Waals surface area contributed by atoms with Gasteiger partial charge in [-0.3, -0.25) is 0 Å². The molecule has 0 aliphatic heterocycles. The van der Waals surface area contributed by atoms with Gasteiger partial charge in [-0.1, -0.05) is 0 Å². The minimum atomic E-state index is -2.28. The molecule has 0 spiro atoms. The van der Waals surface area contributed by atoms with Crippen molar-refractivity contribution in [3.05, 3.63) is 45.1 Å². The molecule has 1 aliphatic rings. The molecule has 30 heavy (non-hydrogen) atoms. The molecule has 2 rings (SSSR count). The summed E-state index contributed by atoms with van der Waals surface area (Å²) in [5, 5.41) is 0. The van der Waals surface area contributed by atoms with Crippen LogP contribution in [0.15, 0.2) is 33.9 Å². The summed E-state index contributed by atoms with van der Waals surface area (Å²) in [4.78, 5) is 0. The van der Waals surface area contributed by atoms with E-state index < -0.39 is 18.4 Å². The Balaban J connectivity index is 2.48. The molecule has 170 valence electrons. The molecular weight excluding hydrogens is 467 g/mol. The molecular formula is C29H50Sn. The van der Waals surface area contributed by atoms with Gasteiger partial charge in [0, 0.05) is 0 Å². The number of allylic oxidation sites excluding steroid dienone is 1. The number of hydrogen-bond acceptors (Lipinski definition) is 0. The van der Waals surface area contributed by atoms with Crippen molar-refractivity contribution in [2.24, 2.45) is 5.92 Å². The average molecular weight is 517 g/mol. The Morgan fingerprint density at radius 3 is 1.80 bits per heavy atom. The maximum atomic E-state index is 3.01. The molecule has 0 aromatic heterocycles. The zero-order chi connectivity index (χ0) is 22.4. The molecule has 1 unspecified atom stereocenters. The topological polar surface area (TPSA) is 0 Å². The molecule has 0 fully saturated rings. The van der Waals surface area contributed by atoms with E-state index in [1.165, 1.54) is 44.9 Å². The Bertz CT molecular complexity index is 672. The van der Waals surface area contributed by atoms with Crippen molar-refractivity contribution in [1.29, 1.82) is 0 Å². The Morgan fingerprint density at radius 2 is 1.33 bits per heavy atom. The van der Waals surface area contributed by atoms with E-state index in [-0.39, 0.29) is 10.8 Å². The number of benzene rings is 1. The van der Waals surface area contributed by atoms with Crippen molar-refractivity contribution in [1.82, 2.24) is 0 Å². The van der Waals surface area contributed by atoms with Gasteiger partial charge in [-0.2, -0.15) is 0 Å². The molecule has 0 N–H and O–H groups in total. The Morgan fingerprint density at radius 1 is 0.867 bits per heavy atom. The van der Waals surface area contributed by atoms with Crippen LogP contribution in [0, 0.1) is 5.92 Å². The van der Waals surface area contributed by atoms with Gasteiger partial charge >= 0.3 is 194 Å². The summed E-state index contributed by atoms with van der Waals surface area (Å²) in [6, 6.07) is 9.30. The van der Waals surface area contributed by atoms with E-state index in [0.29, 0.717) is 5.92 Å². The van der Waals surface area contributed by atoms with Gasteiger partial charge in [-0.15, -0.1) is 0 Å². The van der Waals surface area contributed by atoms with E-state index >= 15 is 0 Å². The first-order chi connectivity index (χ1) is 14.1. The average Bonchev–Trinajstić information content (AvgIpc) is 2.72. The maximum absolute atomic E-state index is 3.01. The Labute approximate surface area is 193 Å². The van der Waals surface area contributed by atoms with Crippen LogP contribution in [0.1, 0.15) is 111 Å². The van der Waals surface area contributed by atoms with E-state index in [4.69, 9.17) is 0 Å². The molecule has 1 heteroatoms. The fraction of sp³-hybridized carbons (Fsp3) is 0.724. The van der Waals surface area contributed by atoms with Crippen LogP contribution in [-0.4, -0.2) is 18.4 Å². The summed E-state index contributed by atoms with van der Waals surface area (Å²) in [6.45, 7) is 19.7. The van der Waals surface area contributed by atoms with Crippen molar-refractivity contribution in [3.8, 4) is 0 Å². The molecule has 0 radical (unpaired) electrons. The van der Waals surface area contributed by atoms with E-state index in [0.717, 1.165) is 0 Å². The zero-order valence-electron chi connectivity index (χ0n) is 21.5. The third-order valence-electron chi connectivity index (χ3n) is 8.10. The molecule has 1 aromatic rings. The fourth-order valence-corrected chi connectivity index (χ4v) is 22.0. The molecule has 1 aliphatic carbocycles. The van der Waals surface area contributed by atoms with Crippen LogP contribution in [0.2, 0.25) is 13.3 Å². The van der Waals surface area contributed by atoms with E-state index in [1.807, 2.05) is 0 Å². The third kappa shape index (κ3) is 5.96. The molecule has 0 bridgehead atoms. The van der Waals surface area contributed by atoms with Gasteiger partial charge in [-0.05, 0) is 0 Å². The van der Waals surface area contributed by atoms with Crippen molar-refractivity contribution in [3.63, 3.8) is 0 Å². The normalized spacial score (nSPS) is 20.8. The van der Waals surface area contributed by atoms with Gasteiger partial charge in [0.05, 0.1) is 0 Å².